The van der Waals surface area contributed by atoms with Gasteiger partial charge in [-0.3, -0.25) is 0 Å². The number of nitrogens with one attached hydrogen (secondary N) is 2. The molecule has 0 saturated heterocycles. The van der Waals surface area contributed by atoms with Crippen LogP contribution in [0.2, 0.25) is 0 Å². The maximum Gasteiger partial charge on any atom is 0.0546 e. The SMILES string of the molecule is OC1CC(CNCc2c[nH]c3ccccc23)C1. The number of aromatic amines is 1. The molecule has 3 rings (SSSR count). The summed E-state index contributed by atoms with van der Waals surface area (Å²) in [4.78, 5) is 3.28. The standard InChI is InChI=1S/C14H18N2O/c17-12-5-10(6-12)7-15-8-11-9-16-14-4-2-1-3-13(11)14/h1-4,9-10,12,15-17H,5-8H2. The Kier molecular flexibility index (Phi) is 2.87. The van der Waals surface area contributed by atoms with Crippen molar-refractivity contribution in [1.82, 2.24) is 10.3 Å². The van der Waals surface area contributed by atoms with E-state index in [2.05, 4.69) is 34.7 Å². The second-order valence-corrected chi connectivity index (χ2v) is 4.98. The van der Waals surface area contributed by atoms with Crippen molar-refractivity contribution < 1.29 is 5.11 Å². The minimum absolute atomic E-state index is 0.0464. The zero-order chi connectivity index (χ0) is 11.7. The Morgan fingerprint density at radius 3 is 2.94 bits per heavy atom. The third-order valence-corrected chi connectivity index (χ3v) is 3.63. The molecule has 3 N–H and O–H groups in total. The van der Waals surface area contributed by atoms with Crippen LogP contribution in [0.5, 0.6) is 0 Å². The summed E-state index contributed by atoms with van der Waals surface area (Å²) in [6.07, 6.45) is 3.95. The molecule has 1 heterocycles. The highest BCUT2D eigenvalue weighted by atomic mass is 16.3. The molecule has 0 bridgehead atoms. The molecule has 1 aromatic heterocycles. The van der Waals surface area contributed by atoms with Crippen LogP contribution >= 0.6 is 0 Å². The van der Waals surface area contributed by atoms with Gasteiger partial charge in [0.25, 0.3) is 0 Å². The van der Waals surface area contributed by atoms with Gasteiger partial charge in [0.15, 0.2) is 0 Å². The predicted molar refractivity (Wildman–Crippen MR) is 68.7 cm³/mol. The zero-order valence-corrected chi connectivity index (χ0v) is 9.82. The lowest BCUT2D eigenvalue weighted by molar-refractivity contribution is 0.0430. The molecule has 1 aliphatic rings. The van der Waals surface area contributed by atoms with Gasteiger partial charge < -0.3 is 15.4 Å². The van der Waals surface area contributed by atoms with Gasteiger partial charge in [-0.05, 0) is 36.9 Å². The summed E-state index contributed by atoms with van der Waals surface area (Å²) in [5, 5.41) is 14.0. The lowest BCUT2D eigenvalue weighted by Gasteiger charge is -2.31. The highest BCUT2D eigenvalue weighted by Crippen LogP contribution is 2.26. The van der Waals surface area contributed by atoms with Crippen molar-refractivity contribution in [3.05, 3.63) is 36.0 Å². The van der Waals surface area contributed by atoms with Crippen LogP contribution in [0.3, 0.4) is 0 Å². The van der Waals surface area contributed by atoms with Gasteiger partial charge in [-0.25, -0.2) is 0 Å². The Balaban J connectivity index is 1.58. The van der Waals surface area contributed by atoms with Crippen molar-refractivity contribution in [3.8, 4) is 0 Å². The lowest BCUT2D eigenvalue weighted by atomic mass is 9.82. The molecule has 1 fully saturated rings. The fourth-order valence-corrected chi connectivity index (χ4v) is 2.56. The van der Waals surface area contributed by atoms with E-state index >= 15 is 0 Å². The number of fused-ring (bicyclic) bond motifs is 1. The second kappa shape index (κ2) is 4.51. The average molecular weight is 230 g/mol. The molecule has 90 valence electrons. The number of hydrogen-bond donors (Lipinski definition) is 3. The largest absolute Gasteiger partial charge is 0.393 e. The molecule has 3 nitrogen and oxygen atoms in total. The Morgan fingerprint density at radius 2 is 2.12 bits per heavy atom. The van der Waals surface area contributed by atoms with Gasteiger partial charge >= 0.3 is 0 Å². The first kappa shape index (κ1) is 10.8. The van der Waals surface area contributed by atoms with Crippen molar-refractivity contribution in [2.75, 3.05) is 6.54 Å². The number of aliphatic hydroxyl groups excluding tert-OH is 1. The van der Waals surface area contributed by atoms with Crippen molar-refractivity contribution in [1.29, 1.82) is 0 Å². The van der Waals surface area contributed by atoms with Gasteiger partial charge in [-0.2, -0.15) is 0 Å². The first-order chi connectivity index (χ1) is 8.33. The maximum atomic E-state index is 9.21. The van der Waals surface area contributed by atoms with E-state index in [9.17, 15) is 5.11 Å². The van der Waals surface area contributed by atoms with E-state index in [1.165, 1.54) is 16.5 Å². The van der Waals surface area contributed by atoms with Crippen molar-refractivity contribution in [3.63, 3.8) is 0 Å². The summed E-state index contributed by atoms with van der Waals surface area (Å²) < 4.78 is 0. The number of para-hydroxylation sites is 1. The molecule has 0 atom stereocenters. The highest BCUT2D eigenvalue weighted by Gasteiger charge is 2.26. The highest BCUT2D eigenvalue weighted by molar-refractivity contribution is 5.82. The number of rotatable bonds is 4. The molecule has 3 heteroatoms. The summed E-state index contributed by atoms with van der Waals surface area (Å²) in [7, 11) is 0. The number of benzene rings is 1. The van der Waals surface area contributed by atoms with Crippen LogP contribution in [0.25, 0.3) is 10.9 Å². The Bertz CT molecular complexity index is 500. The molecule has 0 unspecified atom stereocenters. The quantitative estimate of drug-likeness (QED) is 0.752. The van der Waals surface area contributed by atoms with Crippen molar-refractivity contribution in [2.24, 2.45) is 5.92 Å². The smallest absolute Gasteiger partial charge is 0.0546 e. The van der Waals surface area contributed by atoms with Crippen LogP contribution < -0.4 is 5.32 Å². The van der Waals surface area contributed by atoms with Crippen molar-refractivity contribution in [2.45, 2.75) is 25.5 Å². The number of hydrogen-bond acceptors (Lipinski definition) is 2. The molecule has 0 radical (unpaired) electrons. The lowest BCUT2D eigenvalue weighted by Crippen LogP contribution is -2.35. The van der Waals surface area contributed by atoms with E-state index in [1.54, 1.807) is 0 Å². The van der Waals surface area contributed by atoms with Gasteiger partial charge in [0.2, 0.25) is 0 Å². The maximum absolute atomic E-state index is 9.21. The molecule has 17 heavy (non-hydrogen) atoms. The predicted octanol–water partition coefficient (Wildman–Crippen LogP) is 2.03. The normalized spacial score (nSPS) is 23.8. The molecule has 0 spiro atoms. The first-order valence-electron chi connectivity index (χ1n) is 6.26. The molecule has 1 saturated carbocycles. The first-order valence-corrected chi connectivity index (χ1v) is 6.26. The van der Waals surface area contributed by atoms with E-state index < -0.39 is 0 Å². The van der Waals surface area contributed by atoms with Crippen LogP contribution in [0, 0.1) is 5.92 Å². The molecular weight excluding hydrogens is 212 g/mol. The Hall–Kier alpha value is -1.32. The van der Waals surface area contributed by atoms with E-state index in [0.29, 0.717) is 5.92 Å². The number of aliphatic hydroxyl groups is 1. The van der Waals surface area contributed by atoms with Gasteiger partial charge in [0, 0.05) is 23.6 Å². The van der Waals surface area contributed by atoms with Gasteiger partial charge in [0.05, 0.1) is 6.10 Å². The van der Waals surface area contributed by atoms with E-state index in [0.717, 1.165) is 25.9 Å². The van der Waals surface area contributed by atoms with Crippen LogP contribution in [-0.2, 0) is 6.54 Å². The van der Waals surface area contributed by atoms with Crippen LogP contribution in [0.4, 0.5) is 0 Å². The van der Waals surface area contributed by atoms with Gasteiger partial charge in [0.1, 0.15) is 0 Å². The van der Waals surface area contributed by atoms with Crippen LogP contribution in [-0.4, -0.2) is 22.7 Å². The monoisotopic (exact) mass is 230 g/mol. The topological polar surface area (TPSA) is 48.0 Å². The fourth-order valence-electron chi connectivity index (χ4n) is 2.56. The van der Waals surface area contributed by atoms with E-state index in [-0.39, 0.29) is 6.10 Å². The molecule has 1 aliphatic carbocycles. The zero-order valence-electron chi connectivity index (χ0n) is 9.82. The third kappa shape index (κ3) is 2.21. The average Bonchev–Trinajstić information content (AvgIpc) is 2.70. The molecule has 0 aliphatic heterocycles. The van der Waals surface area contributed by atoms with Crippen LogP contribution in [0.15, 0.2) is 30.5 Å². The molecule has 0 amide bonds. The molecule has 2 aromatic rings. The molecule has 1 aromatic carbocycles. The number of H-pyrrole nitrogens is 1. The summed E-state index contributed by atoms with van der Waals surface area (Å²) >= 11 is 0. The van der Waals surface area contributed by atoms with Crippen molar-refractivity contribution >= 4 is 10.9 Å². The summed E-state index contributed by atoms with van der Waals surface area (Å²) in [6, 6.07) is 8.37. The Labute approximate surface area is 101 Å². The van der Waals surface area contributed by atoms with E-state index in [1.807, 2.05) is 6.07 Å². The summed E-state index contributed by atoms with van der Waals surface area (Å²) in [5.41, 5.74) is 2.52. The molecular formula is C14H18N2O. The number of aromatic nitrogens is 1. The second-order valence-electron chi connectivity index (χ2n) is 4.98. The Morgan fingerprint density at radius 1 is 1.29 bits per heavy atom. The van der Waals surface area contributed by atoms with Gasteiger partial charge in [-0.1, -0.05) is 18.2 Å². The minimum atomic E-state index is -0.0464. The van der Waals surface area contributed by atoms with E-state index in [4.69, 9.17) is 0 Å². The summed E-state index contributed by atoms with van der Waals surface area (Å²) in [6.45, 7) is 1.91. The summed E-state index contributed by atoms with van der Waals surface area (Å²) in [5.74, 6) is 0.662. The minimum Gasteiger partial charge on any atom is -0.393 e. The third-order valence-electron chi connectivity index (χ3n) is 3.63. The van der Waals surface area contributed by atoms with Crippen LogP contribution in [0.1, 0.15) is 18.4 Å². The fraction of sp³-hybridized carbons (Fsp3) is 0.429. The van der Waals surface area contributed by atoms with Gasteiger partial charge in [-0.15, -0.1) is 0 Å².